The third-order valence-electron chi connectivity index (χ3n) is 7.78. The highest BCUT2D eigenvalue weighted by Gasteiger charge is 2.78. The van der Waals surface area contributed by atoms with Crippen LogP contribution in [0.15, 0.2) is 25.3 Å². The van der Waals surface area contributed by atoms with Crippen LogP contribution in [0.5, 0.6) is 0 Å². The second-order valence-electron chi connectivity index (χ2n) is 11.8. The molecule has 35 heavy (non-hydrogen) atoms. The topological polar surface area (TPSA) is 87.1 Å². The lowest BCUT2D eigenvalue weighted by molar-refractivity contribution is -0.155. The minimum absolute atomic E-state index is 0.0831. The maximum absolute atomic E-state index is 14.4. The average Bonchev–Trinajstić information content (AvgIpc) is 3.33. The van der Waals surface area contributed by atoms with Crippen LogP contribution in [0.3, 0.4) is 0 Å². The van der Waals surface area contributed by atoms with E-state index in [4.69, 9.17) is 4.74 Å². The van der Waals surface area contributed by atoms with E-state index in [1.807, 2.05) is 41.5 Å². The fraction of sp³-hybridized carbons (Fsp3) is 0.741. The predicted octanol–water partition coefficient (Wildman–Crippen LogP) is 3.42. The third-order valence-corrected chi connectivity index (χ3v) is 9.77. The summed E-state index contributed by atoms with van der Waals surface area (Å²) in [4.78, 5) is 45.3. The molecule has 2 bridgehead atoms. The van der Waals surface area contributed by atoms with Gasteiger partial charge in [0.2, 0.25) is 11.8 Å². The van der Waals surface area contributed by atoms with E-state index >= 15 is 0 Å². The second-order valence-corrected chi connectivity index (χ2v) is 13.7. The van der Waals surface area contributed by atoms with E-state index in [1.165, 1.54) is 6.08 Å². The van der Waals surface area contributed by atoms with Crippen molar-refractivity contribution in [3.63, 3.8) is 0 Å². The lowest BCUT2D eigenvalue weighted by Crippen LogP contribution is -2.60. The Morgan fingerprint density at radius 2 is 1.94 bits per heavy atom. The van der Waals surface area contributed by atoms with Gasteiger partial charge in [-0.25, -0.2) is 0 Å². The standard InChI is InChI=1S/C27H42N2O5S/c1-9-13-28(25(5,6)7)23(32)21-27-12-11-26(8,35-27)20(24(33)34-14-10-2)19(27)22(31)29(21)18(16-30)15-17(3)4/h9-10,17-21,30H,1-2,11-16H2,3-8H3/t18-,19+,20-,21?,26+,27?/m1/s1. The van der Waals surface area contributed by atoms with Crippen LogP contribution < -0.4 is 0 Å². The van der Waals surface area contributed by atoms with Crippen LogP contribution >= 0.6 is 11.8 Å². The molecule has 2 unspecified atom stereocenters. The molecule has 1 spiro atoms. The van der Waals surface area contributed by atoms with Gasteiger partial charge in [0.15, 0.2) is 0 Å². The van der Waals surface area contributed by atoms with Crippen LogP contribution in [0, 0.1) is 17.8 Å². The second kappa shape index (κ2) is 9.92. The zero-order valence-electron chi connectivity index (χ0n) is 22.1. The van der Waals surface area contributed by atoms with Gasteiger partial charge in [-0.3, -0.25) is 14.4 Å². The van der Waals surface area contributed by atoms with Crippen molar-refractivity contribution in [3.05, 3.63) is 25.3 Å². The first-order chi connectivity index (χ1) is 16.3. The molecular weight excluding hydrogens is 464 g/mol. The fourth-order valence-electron chi connectivity index (χ4n) is 6.42. The molecule has 3 aliphatic rings. The van der Waals surface area contributed by atoms with Crippen molar-refractivity contribution < 1.29 is 24.2 Å². The van der Waals surface area contributed by atoms with Crippen LogP contribution in [0.4, 0.5) is 0 Å². The molecule has 1 N–H and O–H groups in total. The van der Waals surface area contributed by atoms with Crippen molar-refractivity contribution >= 4 is 29.5 Å². The summed E-state index contributed by atoms with van der Waals surface area (Å²) in [6.07, 6.45) is 5.17. The number of rotatable bonds is 10. The molecule has 3 rings (SSSR count). The van der Waals surface area contributed by atoms with Crippen molar-refractivity contribution in [2.24, 2.45) is 17.8 Å². The molecule has 0 aromatic heterocycles. The Labute approximate surface area is 214 Å². The fourth-order valence-corrected chi connectivity index (χ4v) is 8.74. The maximum Gasteiger partial charge on any atom is 0.311 e. The molecule has 3 fully saturated rings. The van der Waals surface area contributed by atoms with E-state index < -0.39 is 44.9 Å². The number of esters is 1. The summed E-state index contributed by atoms with van der Waals surface area (Å²) in [7, 11) is 0. The number of hydrogen-bond donors (Lipinski definition) is 1. The highest BCUT2D eigenvalue weighted by atomic mass is 32.2. The van der Waals surface area contributed by atoms with Gasteiger partial charge in [0, 0.05) is 16.8 Å². The molecule has 2 amide bonds. The number of hydrogen-bond acceptors (Lipinski definition) is 6. The summed E-state index contributed by atoms with van der Waals surface area (Å²) >= 11 is 1.61. The number of aliphatic hydroxyl groups is 1. The van der Waals surface area contributed by atoms with Gasteiger partial charge in [0.1, 0.15) is 12.6 Å². The molecule has 0 aliphatic carbocycles. The van der Waals surface area contributed by atoms with Gasteiger partial charge in [-0.2, -0.15) is 0 Å². The summed E-state index contributed by atoms with van der Waals surface area (Å²) in [5.41, 5.74) is -0.491. The van der Waals surface area contributed by atoms with Crippen LogP contribution in [0.2, 0.25) is 0 Å². The zero-order chi connectivity index (χ0) is 26.3. The number of thioether (sulfide) groups is 1. The minimum Gasteiger partial charge on any atom is -0.461 e. The van der Waals surface area contributed by atoms with Crippen molar-refractivity contribution in [3.8, 4) is 0 Å². The van der Waals surface area contributed by atoms with E-state index in [1.54, 1.807) is 27.6 Å². The highest BCUT2D eigenvalue weighted by Crippen LogP contribution is 2.72. The van der Waals surface area contributed by atoms with E-state index in [9.17, 15) is 19.5 Å². The van der Waals surface area contributed by atoms with Crippen molar-refractivity contribution in [1.82, 2.24) is 9.80 Å². The van der Waals surface area contributed by atoms with Gasteiger partial charge in [0.05, 0.1) is 29.2 Å². The monoisotopic (exact) mass is 506 g/mol. The first-order valence-electron chi connectivity index (χ1n) is 12.6. The van der Waals surface area contributed by atoms with Crippen LogP contribution in [-0.4, -0.2) is 79.6 Å². The minimum atomic E-state index is -0.765. The maximum atomic E-state index is 14.4. The lowest BCUT2D eigenvalue weighted by atomic mass is 9.66. The Morgan fingerprint density at radius 3 is 2.46 bits per heavy atom. The highest BCUT2D eigenvalue weighted by molar-refractivity contribution is 8.02. The quantitative estimate of drug-likeness (QED) is 0.361. The molecular formula is C27H42N2O5S. The Balaban J connectivity index is 2.16. The van der Waals surface area contributed by atoms with Crippen LogP contribution in [0.1, 0.15) is 60.8 Å². The molecule has 3 aliphatic heterocycles. The number of carbonyl (C=O) groups excluding carboxylic acids is 3. The number of carbonyl (C=O) groups is 3. The van der Waals surface area contributed by atoms with Gasteiger partial charge in [-0.05, 0) is 52.9 Å². The normalized spacial score (nSPS) is 32.5. The van der Waals surface area contributed by atoms with Gasteiger partial charge < -0.3 is 19.6 Å². The number of ether oxygens (including phenoxy) is 1. The van der Waals surface area contributed by atoms with Gasteiger partial charge >= 0.3 is 5.97 Å². The molecule has 0 radical (unpaired) electrons. The lowest BCUT2D eigenvalue weighted by Gasteiger charge is -2.43. The summed E-state index contributed by atoms with van der Waals surface area (Å²) < 4.78 is 4.24. The first kappa shape index (κ1) is 27.8. The number of nitrogens with zero attached hydrogens (tertiary/aromatic N) is 2. The molecule has 8 heteroatoms. The first-order valence-corrected chi connectivity index (χ1v) is 13.4. The molecule has 196 valence electrons. The molecule has 3 saturated heterocycles. The van der Waals surface area contributed by atoms with E-state index in [0.717, 1.165) is 6.42 Å². The van der Waals surface area contributed by atoms with Gasteiger partial charge in [-0.15, -0.1) is 18.3 Å². The van der Waals surface area contributed by atoms with Crippen LogP contribution in [0.25, 0.3) is 0 Å². The van der Waals surface area contributed by atoms with Crippen molar-refractivity contribution in [1.29, 1.82) is 0 Å². The Hall–Kier alpha value is -1.80. The third kappa shape index (κ3) is 4.57. The molecule has 0 saturated carbocycles. The molecule has 6 atom stereocenters. The Kier molecular flexibility index (Phi) is 7.88. The number of amides is 2. The predicted molar refractivity (Wildman–Crippen MR) is 139 cm³/mol. The van der Waals surface area contributed by atoms with E-state index in [2.05, 4.69) is 13.2 Å². The summed E-state index contributed by atoms with van der Waals surface area (Å²) in [5, 5.41) is 10.4. The molecule has 0 aromatic carbocycles. The SMILES string of the molecule is C=CCOC(=O)[C@H]1[C@H]2C(=O)N([C@@H](CO)CC(C)C)C(C(=O)N(CC=C)C(C)(C)C)C23CC[C@]1(C)S3. The smallest absolute Gasteiger partial charge is 0.311 e. The summed E-state index contributed by atoms with van der Waals surface area (Å²) in [6, 6.07) is -1.27. The molecule has 3 heterocycles. The Morgan fingerprint density at radius 1 is 1.29 bits per heavy atom. The summed E-state index contributed by atoms with van der Waals surface area (Å²) in [5.74, 6) is -1.86. The number of fused-ring (bicyclic) bond motifs is 1. The number of aliphatic hydroxyl groups excluding tert-OH is 1. The average molecular weight is 507 g/mol. The molecule has 7 nitrogen and oxygen atoms in total. The summed E-state index contributed by atoms with van der Waals surface area (Å²) in [6.45, 7) is 19.7. The van der Waals surface area contributed by atoms with Gasteiger partial charge in [-0.1, -0.05) is 32.6 Å². The van der Waals surface area contributed by atoms with E-state index in [0.29, 0.717) is 19.4 Å². The largest absolute Gasteiger partial charge is 0.461 e. The van der Waals surface area contributed by atoms with Crippen molar-refractivity contribution in [2.45, 2.75) is 87.9 Å². The number of likely N-dealkylation sites (tertiary alicyclic amines) is 1. The van der Waals surface area contributed by atoms with Crippen molar-refractivity contribution in [2.75, 3.05) is 19.8 Å². The zero-order valence-corrected chi connectivity index (χ0v) is 22.9. The van der Waals surface area contributed by atoms with E-state index in [-0.39, 0.29) is 30.9 Å². The Bertz CT molecular complexity index is 883. The van der Waals surface area contributed by atoms with Gasteiger partial charge in [0.25, 0.3) is 0 Å². The molecule has 0 aromatic rings. The van der Waals surface area contributed by atoms with Crippen LogP contribution in [-0.2, 0) is 19.1 Å².